The van der Waals surface area contributed by atoms with E-state index in [1.165, 1.54) is 14.2 Å². The van der Waals surface area contributed by atoms with Gasteiger partial charge in [-0.05, 0) is 5.56 Å². The third kappa shape index (κ3) is 3.65. The van der Waals surface area contributed by atoms with Crippen LogP contribution in [0.1, 0.15) is 5.56 Å². The van der Waals surface area contributed by atoms with E-state index < -0.39 is 29.9 Å². The Bertz CT molecular complexity index is 642. The Labute approximate surface area is 145 Å². The lowest BCUT2D eigenvalue weighted by Crippen LogP contribution is -2.59. The Morgan fingerprint density at radius 1 is 1.24 bits per heavy atom. The number of ether oxygens (including phenoxy) is 4. The van der Waals surface area contributed by atoms with Crippen LogP contribution < -0.4 is 5.32 Å². The lowest BCUT2D eigenvalue weighted by molar-refractivity contribution is -0.224. The number of cyclic esters (lactones) is 1. The second kappa shape index (κ2) is 8.11. The summed E-state index contributed by atoms with van der Waals surface area (Å²) in [5, 5.41) is 13.6. The van der Waals surface area contributed by atoms with Crippen molar-refractivity contribution in [2.45, 2.75) is 24.5 Å². The van der Waals surface area contributed by atoms with Crippen LogP contribution in [0.4, 0.5) is 0 Å². The van der Waals surface area contributed by atoms with Crippen LogP contribution in [-0.4, -0.2) is 56.4 Å². The Morgan fingerprint density at radius 2 is 1.88 bits per heavy atom. The van der Waals surface area contributed by atoms with Gasteiger partial charge in [-0.15, -0.1) is 0 Å². The number of rotatable bonds is 8. The molecule has 1 aliphatic rings. The first-order valence-corrected chi connectivity index (χ1v) is 7.54. The maximum Gasteiger partial charge on any atom is 0.359 e. The smallest absolute Gasteiger partial charge is 0.359 e. The summed E-state index contributed by atoms with van der Waals surface area (Å²) in [6, 6.07) is 9.32. The van der Waals surface area contributed by atoms with Crippen LogP contribution >= 0.6 is 0 Å². The van der Waals surface area contributed by atoms with Gasteiger partial charge in [-0.1, -0.05) is 30.3 Å². The molecule has 8 nitrogen and oxygen atoms in total. The van der Waals surface area contributed by atoms with Gasteiger partial charge >= 0.3 is 11.9 Å². The molecule has 2 N–H and O–H groups in total. The van der Waals surface area contributed by atoms with Crippen molar-refractivity contribution in [1.29, 1.82) is 0 Å². The van der Waals surface area contributed by atoms with Crippen molar-refractivity contribution >= 4 is 11.9 Å². The van der Waals surface area contributed by atoms with Crippen molar-refractivity contribution in [3.05, 3.63) is 47.7 Å². The van der Waals surface area contributed by atoms with E-state index in [0.29, 0.717) is 6.54 Å². The molecule has 0 radical (unpaired) electrons. The maximum absolute atomic E-state index is 12.4. The molecule has 2 rings (SSSR count). The fourth-order valence-electron chi connectivity index (χ4n) is 2.63. The zero-order valence-corrected chi connectivity index (χ0v) is 14.2. The number of aliphatic hydroxyl groups is 1. The molecule has 0 aromatic heterocycles. The molecule has 0 saturated carbocycles. The number of esters is 2. The highest BCUT2D eigenvalue weighted by Crippen LogP contribution is 2.34. The summed E-state index contributed by atoms with van der Waals surface area (Å²) in [6.45, 7) is 0.305. The molecule has 0 fully saturated rings. The number of carbonyl (C=O) groups excluding carboxylic acids is 2. The zero-order valence-electron chi connectivity index (χ0n) is 14.2. The maximum atomic E-state index is 12.4. The molecule has 25 heavy (non-hydrogen) atoms. The normalized spacial score (nSPS) is 20.8. The molecule has 1 heterocycles. The predicted octanol–water partition coefficient (Wildman–Crippen LogP) is 0.109. The molecular weight excluding hydrogens is 330 g/mol. The largest absolute Gasteiger partial charge is 0.466 e. The van der Waals surface area contributed by atoms with Gasteiger partial charge in [0.15, 0.2) is 12.4 Å². The molecule has 2 atom stereocenters. The van der Waals surface area contributed by atoms with E-state index in [0.717, 1.165) is 18.7 Å². The third-order valence-electron chi connectivity index (χ3n) is 3.88. The van der Waals surface area contributed by atoms with Gasteiger partial charge in [0.1, 0.15) is 0 Å². The van der Waals surface area contributed by atoms with E-state index >= 15 is 0 Å². The number of carbonyl (C=O) groups is 2. The van der Waals surface area contributed by atoms with Crippen molar-refractivity contribution in [2.24, 2.45) is 0 Å². The average Bonchev–Trinajstić information content (AvgIpc) is 2.98. The van der Waals surface area contributed by atoms with Gasteiger partial charge in [0.05, 0.1) is 12.8 Å². The van der Waals surface area contributed by atoms with E-state index in [4.69, 9.17) is 18.9 Å². The first kappa shape index (κ1) is 18.9. The van der Waals surface area contributed by atoms with Crippen LogP contribution in [0.2, 0.25) is 0 Å². The minimum Gasteiger partial charge on any atom is -0.466 e. The first-order valence-electron chi connectivity index (χ1n) is 7.54. The topological polar surface area (TPSA) is 103 Å². The van der Waals surface area contributed by atoms with Crippen LogP contribution in [0, 0.1) is 0 Å². The fraction of sp³-hybridized carbons (Fsp3) is 0.412. The summed E-state index contributed by atoms with van der Waals surface area (Å²) < 4.78 is 20.0. The quantitative estimate of drug-likeness (QED) is 0.502. The number of aliphatic hydroxyl groups excluding tert-OH is 1. The van der Waals surface area contributed by atoms with E-state index in [1.807, 2.05) is 30.3 Å². The lowest BCUT2D eigenvalue weighted by atomic mass is 9.92. The molecule has 1 aromatic rings. The summed E-state index contributed by atoms with van der Waals surface area (Å²) in [5.41, 5.74) is -1.12. The van der Waals surface area contributed by atoms with Crippen LogP contribution in [0.5, 0.6) is 0 Å². The van der Waals surface area contributed by atoms with Crippen LogP contribution in [0.25, 0.3) is 0 Å². The molecule has 8 heteroatoms. The molecule has 0 saturated heterocycles. The van der Waals surface area contributed by atoms with Gasteiger partial charge in [0, 0.05) is 26.8 Å². The van der Waals surface area contributed by atoms with Crippen LogP contribution in [0.15, 0.2) is 42.1 Å². The van der Waals surface area contributed by atoms with E-state index in [9.17, 15) is 14.7 Å². The van der Waals surface area contributed by atoms with Crippen molar-refractivity contribution in [2.75, 3.05) is 21.3 Å². The van der Waals surface area contributed by atoms with Gasteiger partial charge in [-0.3, -0.25) is 0 Å². The second-order valence-corrected chi connectivity index (χ2v) is 5.33. The van der Waals surface area contributed by atoms with E-state index in [-0.39, 0.29) is 5.70 Å². The Hall–Kier alpha value is -2.42. The van der Waals surface area contributed by atoms with Crippen molar-refractivity contribution < 1.29 is 33.6 Å². The highest BCUT2D eigenvalue weighted by Gasteiger charge is 2.59. The highest BCUT2D eigenvalue weighted by molar-refractivity contribution is 5.96. The highest BCUT2D eigenvalue weighted by atomic mass is 16.7. The molecular formula is C17H21NO7. The molecule has 0 spiro atoms. The summed E-state index contributed by atoms with van der Waals surface area (Å²) in [5.74, 6) is -1.73. The monoisotopic (exact) mass is 351 g/mol. The third-order valence-corrected chi connectivity index (χ3v) is 3.88. The minimum absolute atomic E-state index is 0.0693. The van der Waals surface area contributed by atoms with E-state index in [2.05, 4.69) is 5.32 Å². The van der Waals surface area contributed by atoms with E-state index in [1.54, 1.807) is 0 Å². The van der Waals surface area contributed by atoms with Crippen LogP contribution in [-0.2, 0) is 35.1 Å². The summed E-state index contributed by atoms with van der Waals surface area (Å²) in [4.78, 5) is 24.3. The summed E-state index contributed by atoms with van der Waals surface area (Å²) in [7, 11) is 3.71. The number of benzene rings is 1. The number of nitrogens with one attached hydrogen (secondary N) is 1. The molecule has 1 aromatic carbocycles. The first-order chi connectivity index (χ1) is 12.0. The van der Waals surface area contributed by atoms with Gasteiger partial charge in [-0.25, -0.2) is 9.59 Å². The Balaban J connectivity index is 2.34. The summed E-state index contributed by atoms with van der Waals surface area (Å²) in [6.07, 6.45) is -1.76. The van der Waals surface area contributed by atoms with Crippen molar-refractivity contribution in [3.63, 3.8) is 0 Å². The average molecular weight is 351 g/mol. The number of hydrogen-bond donors (Lipinski definition) is 2. The molecule has 2 unspecified atom stereocenters. The summed E-state index contributed by atoms with van der Waals surface area (Å²) >= 11 is 0. The number of methoxy groups -OCH3 is 3. The standard InChI is InChI=1S/C17H21NO7/c1-22-15(23-2)14(20)17(16(21)24-3)12(9-13(19)25-17)18-10-11-7-5-4-6-8-11/h4-9,14-15,18,20H,10H2,1-3H3. The molecule has 0 aliphatic carbocycles. The van der Waals surface area contributed by atoms with Gasteiger partial charge in [0.2, 0.25) is 0 Å². The second-order valence-electron chi connectivity index (χ2n) is 5.33. The van der Waals surface area contributed by atoms with Gasteiger partial charge < -0.3 is 29.4 Å². The number of hydrogen-bond acceptors (Lipinski definition) is 8. The molecule has 0 bridgehead atoms. The molecule has 136 valence electrons. The Kier molecular flexibility index (Phi) is 6.13. The van der Waals surface area contributed by atoms with Gasteiger partial charge in [-0.2, -0.15) is 0 Å². The zero-order chi connectivity index (χ0) is 18.4. The predicted molar refractivity (Wildman–Crippen MR) is 86.0 cm³/mol. The van der Waals surface area contributed by atoms with Crippen molar-refractivity contribution in [3.8, 4) is 0 Å². The Morgan fingerprint density at radius 3 is 2.44 bits per heavy atom. The van der Waals surface area contributed by atoms with Gasteiger partial charge in [0.25, 0.3) is 5.60 Å². The molecule has 0 amide bonds. The van der Waals surface area contributed by atoms with Crippen LogP contribution in [0.3, 0.4) is 0 Å². The SMILES string of the molecule is COC(=O)C1(C(O)C(OC)OC)OC(=O)C=C1NCc1ccccc1. The fourth-order valence-corrected chi connectivity index (χ4v) is 2.63. The molecule has 1 aliphatic heterocycles. The minimum atomic E-state index is -2.10. The lowest BCUT2D eigenvalue weighted by Gasteiger charge is -2.35. The van der Waals surface area contributed by atoms with Crippen molar-refractivity contribution in [1.82, 2.24) is 5.32 Å².